The molecule has 118 valence electrons. The van der Waals surface area contributed by atoms with E-state index in [1.165, 1.54) is 6.42 Å². The molecule has 1 aromatic rings. The van der Waals surface area contributed by atoms with E-state index in [0.29, 0.717) is 11.1 Å². The Morgan fingerprint density at radius 2 is 2.10 bits per heavy atom. The quantitative estimate of drug-likeness (QED) is 0.835. The first-order valence-corrected chi connectivity index (χ1v) is 7.63. The van der Waals surface area contributed by atoms with Gasteiger partial charge >= 0.3 is 0 Å². The van der Waals surface area contributed by atoms with Gasteiger partial charge < -0.3 is 10.2 Å². The topological polar surface area (TPSA) is 61.0 Å². The number of nitrogens with one attached hydrogen (secondary N) is 2. The first-order valence-electron chi connectivity index (χ1n) is 7.63. The number of carbonyl (C=O) groups is 1. The van der Waals surface area contributed by atoms with Gasteiger partial charge in [-0.2, -0.15) is 5.10 Å². The fourth-order valence-corrected chi connectivity index (χ4v) is 3.18. The molecule has 1 fully saturated rings. The molecule has 3 rings (SSSR count). The van der Waals surface area contributed by atoms with Crippen LogP contribution in [0.5, 0.6) is 0 Å². The lowest BCUT2D eigenvalue weighted by Gasteiger charge is -2.23. The third-order valence-electron chi connectivity index (χ3n) is 4.64. The van der Waals surface area contributed by atoms with Crippen molar-refractivity contribution in [3.05, 3.63) is 17.0 Å². The lowest BCUT2D eigenvalue weighted by atomic mass is 9.85. The molecule has 1 amide bonds. The van der Waals surface area contributed by atoms with Crippen LogP contribution in [-0.2, 0) is 13.0 Å². The molecule has 2 N–H and O–H groups in total. The smallest absolute Gasteiger partial charge is 0.274 e. The highest BCUT2D eigenvalue weighted by Crippen LogP contribution is 2.30. The van der Waals surface area contributed by atoms with Gasteiger partial charge in [0.25, 0.3) is 5.91 Å². The van der Waals surface area contributed by atoms with Gasteiger partial charge in [-0.1, -0.05) is 13.8 Å². The molecule has 0 atom stereocenters. The van der Waals surface area contributed by atoms with E-state index in [-0.39, 0.29) is 18.3 Å². The van der Waals surface area contributed by atoms with Gasteiger partial charge in [-0.3, -0.25) is 9.89 Å². The van der Waals surface area contributed by atoms with Crippen molar-refractivity contribution in [3.63, 3.8) is 0 Å². The SMILES string of the molecule is CC1(C)CCCN(C(=O)c2n[nH]c3c2CNCC3)CC1.Cl. The molecule has 0 bridgehead atoms. The summed E-state index contributed by atoms with van der Waals surface area (Å²) in [6.07, 6.45) is 4.28. The van der Waals surface area contributed by atoms with E-state index in [1.807, 2.05) is 4.90 Å². The number of fused-ring (bicyclic) bond motifs is 1. The lowest BCUT2D eigenvalue weighted by Crippen LogP contribution is -2.34. The normalized spacial score (nSPS) is 21.1. The van der Waals surface area contributed by atoms with E-state index >= 15 is 0 Å². The number of halogens is 1. The Labute approximate surface area is 132 Å². The zero-order valence-electron chi connectivity index (χ0n) is 12.9. The molecular formula is C15H25ClN4O. The van der Waals surface area contributed by atoms with Crippen LogP contribution in [0.15, 0.2) is 0 Å². The molecule has 0 spiro atoms. The summed E-state index contributed by atoms with van der Waals surface area (Å²) in [5.74, 6) is 0.101. The second-order valence-corrected chi connectivity index (χ2v) is 6.77. The van der Waals surface area contributed by atoms with Gasteiger partial charge in [0.05, 0.1) is 0 Å². The minimum absolute atomic E-state index is 0. The second kappa shape index (κ2) is 6.36. The Morgan fingerprint density at radius 1 is 1.29 bits per heavy atom. The van der Waals surface area contributed by atoms with Crippen LogP contribution >= 0.6 is 12.4 Å². The Balaban J connectivity index is 0.00000161. The van der Waals surface area contributed by atoms with Crippen LogP contribution in [0.25, 0.3) is 0 Å². The summed E-state index contributed by atoms with van der Waals surface area (Å²) in [6.45, 7) is 8.01. The zero-order valence-corrected chi connectivity index (χ0v) is 13.7. The van der Waals surface area contributed by atoms with Crippen LogP contribution in [0.2, 0.25) is 0 Å². The first-order chi connectivity index (χ1) is 9.57. The molecule has 0 radical (unpaired) electrons. The van der Waals surface area contributed by atoms with Crippen LogP contribution in [0.3, 0.4) is 0 Å². The number of carbonyl (C=O) groups excluding carboxylic acids is 1. The Morgan fingerprint density at radius 3 is 2.90 bits per heavy atom. The van der Waals surface area contributed by atoms with Crippen molar-refractivity contribution in [3.8, 4) is 0 Å². The standard InChI is InChI=1S/C15H24N4O.ClH/c1-15(2)5-3-8-19(9-6-15)14(20)13-11-10-16-7-4-12(11)17-18-13;/h16H,3-10H2,1-2H3,(H,17,18);1H. The predicted molar refractivity (Wildman–Crippen MR) is 84.8 cm³/mol. The Bertz CT molecular complexity index is 512. The predicted octanol–water partition coefficient (Wildman–Crippen LogP) is 2.13. The fraction of sp³-hybridized carbons (Fsp3) is 0.733. The number of likely N-dealkylation sites (tertiary alicyclic amines) is 1. The summed E-state index contributed by atoms with van der Waals surface area (Å²) in [5.41, 5.74) is 3.18. The van der Waals surface area contributed by atoms with E-state index in [1.54, 1.807) is 0 Å². The molecule has 5 nitrogen and oxygen atoms in total. The van der Waals surface area contributed by atoms with Crippen LogP contribution < -0.4 is 5.32 Å². The number of nitrogens with zero attached hydrogens (tertiary/aromatic N) is 2. The summed E-state index contributed by atoms with van der Waals surface area (Å²) in [4.78, 5) is 14.7. The van der Waals surface area contributed by atoms with Crippen molar-refractivity contribution in [2.75, 3.05) is 19.6 Å². The van der Waals surface area contributed by atoms with Gasteiger partial charge in [0.15, 0.2) is 5.69 Å². The van der Waals surface area contributed by atoms with Gasteiger partial charge in [-0.15, -0.1) is 12.4 Å². The number of rotatable bonds is 1. The van der Waals surface area contributed by atoms with Crippen molar-refractivity contribution < 1.29 is 4.79 Å². The average molecular weight is 313 g/mol. The second-order valence-electron chi connectivity index (χ2n) is 6.77. The van der Waals surface area contributed by atoms with Gasteiger partial charge in [0, 0.05) is 43.9 Å². The number of aromatic nitrogens is 2. The number of amides is 1. The van der Waals surface area contributed by atoms with Crippen molar-refractivity contribution in [2.24, 2.45) is 5.41 Å². The molecule has 2 aliphatic heterocycles. The highest BCUT2D eigenvalue weighted by atomic mass is 35.5. The largest absolute Gasteiger partial charge is 0.337 e. The van der Waals surface area contributed by atoms with Gasteiger partial charge in [-0.25, -0.2) is 0 Å². The minimum Gasteiger partial charge on any atom is -0.337 e. The highest BCUT2D eigenvalue weighted by molar-refractivity contribution is 5.94. The molecule has 0 saturated carbocycles. The molecule has 1 aromatic heterocycles. The van der Waals surface area contributed by atoms with Gasteiger partial charge in [-0.05, 0) is 24.7 Å². The van der Waals surface area contributed by atoms with Crippen molar-refractivity contribution in [2.45, 2.75) is 46.1 Å². The van der Waals surface area contributed by atoms with E-state index in [2.05, 4.69) is 29.4 Å². The first kappa shape index (κ1) is 16.3. The maximum atomic E-state index is 12.7. The molecule has 6 heteroatoms. The molecule has 21 heavy (non-hydrogen) atoms. The maximum absolute atomic E-state index is 12.7. The molecule has 0 unspecified atom stereocenters. The molecule has 0 aliphatic carbocycles. The Kier molecular flexibility index (Phi) is 4.94. The van der Waals surface area contributed by atoms with Crippen LogP contribution in [-0.4, -0.2) is 40.6 Å². The zero-order chi connectivity index (χ0) is 14.2. The van der Waals surface area contributed by atoms with Crippen molar-refractivity contribution in [1.82, 2.24) is 20.4 Å². The highest BCUT2D eigenvalue weighted by Gasteiger charge is 2.29. The monoisotopic (exact) mass is 312 g/mol. The summed E-state index contributed by atoms with van der Waals surface area (Å²) >= 11 is 0. The average Bonchev–Trinajstić information content (AvgIpc) is 2.77. The Hall–Kier alpha value is -1.07. The molecule has 2 aliphatic rings. The van der Waals surface area contributed by atoms with Crippen molar-refractivity contribution in [1.29, 1.82) is 0 Å². The maximum Gasteiger partial charge on any atom is 0.274 e. The molecule has 0 aromatic carbocycles. The van der Waals surface area contributed by atoms with Gasteiger partial charge in [0.1, 0.15) is 0 Å². The lowest BCUT2D eigenvalue weighted by molar-refractivity contribution is 0.0750. The molecule has 1 saturated heterocycles. The molecule has 3 heterocycles. The summed E-state index contributed by atoms with van der Waals surface area (Å²) < 4.78 is 0. The van der Waals surface area contributed by atoms with E-state index in [0.717, 1.165) is 56.7 Å². The van der Waals surface area contributed by atoms with E-state index < -0.39 is 0 Å². The van der Waals surface area contributed by atoms with Crippen LogP contribution in [0, 0.1) is 5.41 Å². The third kappa shape index (κ3) is 3.40. The minimum atomic E-state index is 0. The van der Waals surface area contributed by atoms with E-state index in [9.17, 15) is 4.79 Å². The summed E-state index contributed by atoms with van der Waals surface area (Å²) in [7, 11) is 0. The van der Waals surface area contributed by atoms with E-state index in [4.69, 9.17) is 0 Å². The van der Waals surface area contributed by atoms with Crippen molar-refractivity contribution >= 4 is 18.3 Å². The van der Waals surface area contributed by atoms with Crippen LogP contribution in [0.1, 0.15) is 54.9 Å². The molecular weight excluding hydrogens is 288 g/mol. The summed E-state index contributed by atoms with van der Waals surface area (Å²) in [6, 6.07) is 0. The fourth-order valence-electron chi connectivity index (χ4n) is 3.18. The number of aromatic amines is 1. The third-order valence-corrected chi connectivity index (χ3v) is 4.64. The van der Waals surface area contributed by atoms with Crippen LogP contribution in [0.4, 0.5) is 0 Å². The van der Waals surface area contributed by atoms with Gasteiger partial charge in [0.2, 0.25) is 0 Å². The number of hydrogen-bond acceptors (Lipinski definition) is 3. The summed E-state index contributed by atoms with van der Waals surface area (Å²) in [5, 5.41) is 10.6. The number of H-pyrrole nitrogens is 1. The number of hydrogen-bond donors (Lipinski definition) is 2.